The maximum absolute atomic E-state index is 12.0. The Labute approximate surface area is 115 Å². The van der Waals surface area contributed by atoms with Gasteiger partial charge in [0.2, 0.25) is 5.95 Å². The molecular formula is C13H15ClN4O. The third kappa shape index (κ3) is 2.43. The van der Waals surface area contributed by atoms with E-state index in [1.54, 1.807) is 18.2 Å². The van der Waals surface area contributed by atoms with Gasteiger partial charge in [0.25, 0.3) is 5.56 Å². The quantitative estimate of drug-likeness (QED) is 0.829. The number of anilines is 1. The SMILES string of the molecule is NC1CCCN(c2nc3cc(Cl)ccc3c(=O)[nH]2)C1. The summed E-state index contributed by atoms with van der Waals surface area (Å²) in [5.41, 5.74) is 6.43. The van der Waals surface area contributed by atoms with Crippen molar-refractivity contribution >= 4 is 28.5 Å². The molecule has 2 aromatic rings. The first kappa shape index (κ1) is 12.4. The molecular weight excluding hydrogens is 264 g/mol. The minimum atomic E-state index is -0.143. The van der Waals surface area contributed by atoms with E-state index in [0.717, 1.165) is 25.9 Å². The number of H-pyrrole nitrogens is 1. The molecule has 0 saturated carbocycles. The first-order valence-electron chi connectivity index (χ1n) is 6.33. The summed E-state index contributed by atoms with van der Waals surface area (Å²) in [6.07, 6.45) is 2.03. The molecule has 1 saturated heterocycles. The number of nitrogens with one attached hydrogen (secondary N) is 1. The number of piperidine rings is 1. The zero-order valence-electron chi connectivity index (χ0n) is 10.4. The van der Waals surface area contributed by atoms with Crippen LogP contribution in [0.2, 0.25) is 5.02 Å². The lowest BCUT2D eigenvalue weighted by molar-refractivity contribution is 0.500. The van der Waals surface area contributed by atoms with Crippen molar-refractivity contribution in [2.45, 2.75) is 18.9 Å². The van der Waals surface area contributed by atoms with Gasteiger partial charge in [0.1, 0.15) is 0 Å². The molecule has 3 rings (SSSR count). The largest absolute Gasteiger partial charge is 0.341 e. The first-order chi connectivity index (χ1) is 9.13. The van der Waals surface area contributed by atoms with E-state index in [1.165, 1.54) is 0 Å². The highest BCUT2D eigenvalue weighted by Gasteiger charge is 2.19. The second kappa shape index (κ2) is 4.83. The van der Waals surface area contributed by atoms with Gasteiger partial charge in [0.05, 0.1) is 10.9 Å². The molecule has 1 unspecified atom stereocenters. The number of aromatic nitrogens is 2. The second-order valence-corrected chi connectivity index (χ2v) is 5.34. The molecule has 6 heteroatoms. The van der Waals surface area contributed by atoms with Gasteiger partial charge in [-0.05, 0) is 31.0 Å². The molecule has 1 fully saturated rings. The van der Waals surface area contributed by atoms with Crippen molar-refractivity contribution in [3.05, 3.63) is 33.6 Å². The molecule has 0 spiro atoms. The molecule has 1 aromatic carbocycles. The summed E-state index contributed by atoms with van der Waals surface area (Å²) in [5.74, 6) is 0.579. The second-order valence-electron chi connectivity index (χ2n) is 4.90. The maximum Gasteiger partial charge on any atom is 0.260 e. The van der Waals surface area contributed by atoms with Crippen molar-refractivity contribution < 1.29 is 0 Å². The molecule has 0 amide bonds. The number of hydrogen-bond donors (Lipinski definition) is 2. The summed E-state index contributed by atoms with van der Waals surface area (Å²) < 4.78 is 0. The molecule has 0 aliphatic carbocycles. The fourth-order valence-corrected chi connectivity index (χ4v) is 2.62. The summed E-state index contributed by atoms with van der Waals surface area (Å²) in [4.78, 5) is 21.4. The van der Waals surface area contributed by atoms with Crippen LogP contribution >= 0.6 is 11.6 Å². The van der Waals surface area contributed by atoms with Gasteiger partial charge in [0.15, 0.2) is 0 Å². The normalized spacial score (nSPS) is 19.9. The van der Waals surface area contributed by atoms with Crippen LogP contribution in [0.5, 0.6) is 0 Å². The molecule has 3 N–H and O–H groups in total. The van der Waals surface area contributed by atoms with Gasteiger partial charge in [-0.3, -0.25) is 9.78 Å². The van der Waals surface area contributed by atoms with Crippen LogP contribution in [-0.4, -0.2) is 29.1 Å². The Hall–Kier alpha value is -1.59. The highest BCUT2D eigenvalue weighted by atomic mass is 35.5. The Morgan fingerprint density at radius 2 is 2.32 bits per heavy atom. The number of benzene rings is 1. The number of nitrogens with two attached hydrogens (primary N) is 1. The van der Waals surface area contributed by atoms with Crippen molar-refractivity contribution in [2.75, 3.05) is 18.0 Å². The molecule has 100 valence electrons. The van der Waals surface area contributed by atoms with E-state index in [2.05, 4.69) is 9.97 Å². The lowest BCUT2D eigenvalue weighted by Gasteiger charge is -2.31. The van der Waals surface area contributed by atoms with Crippen molar-refractivity contribution in [1.29, 1.82) is 0 Å². The van der Waals surface area contributed by atoms with Gasteiger partial charge in [0, 0.05) is 24.2 Å². The lowest BCUT2D eigenvalue weighted by Crippen LogP contribution is -2.44. The van der Waals surface area contributed by atoms with Gasteiger partial charge in [-0.25, -0.2) is 4.98 Å². The topological polar surface area (TPSA) is 75.0 Å². The van der Waals surface area contributed by atoms with Crippen LogP contribution in [0.1, 0.15) is 12.8 Å². The molecule has 1 aromatic heterocycles. The third-order valence-electron chi connectivity index (χ3n) is 3.41. The van der Waals surface area contributed by atoms with Gasteiger partial charge in [-0.2, -0.15) is 0 Å². The number of halogens is 1. The maximum atomic E-state index is 12.0. The monoisotopic (exact) mass is 278 g/mol. The minimum absolute atomic E-state index is 0.133. The standard InChI is InChI=1S/C13H15ClN4O/c14-8-3-4-10-11(6-8)16-13(17-12(10)19)18-5-1-2-9(15)7-18/h3-4,6,9H,1-2,5,7,15H2,(H,16,17,19). The van der Waals surface area contributed by atoms with E-state index < -0.39 is 0 Å². The van der Waals surface area contributed by atoms with E-state index in [1.807, 2.05) is 4.90 Å². The molecule has 0 radical (unpaired) electrons. The van der Waals surface area contributed by atoms with Crippen LogP contribution < -0.4 is 16.2 Å². The molecule has 1 atom stereocenters. The number of aromatic amines is 1. The Bertz CT molecular complexity index is 669. The Morgan fingerprint density at radius 1 is 1.47 bits per heavy atom. The summed E-state index contributed by atoms with van der Waals surface area (Å²) >= 11 is 5.95. The van der Waals surface area contributed by atoms with Crippen molar-refractivity contribution in [3.8, 4) is 0 Å². The lowest BCUT2D eigenvalue weighted by atomic mass is 10.1. The van der Waals surface area contributed by atoms with Crippen LogP contribution in [-0.2, 0) is 0 Å². The molecule has 1 aliphatic heterocycles. The Kier molecular flexibility index (Phi) is 3.16. The van der Waals surface area contributed by atoms with Gasteiger partial charge in [-0.1, -0.05) is 11.6 Å². The summed E-state index contributed by atoms with van der Waals surface area (Å²) in [6, 6.07) is 5.22. The van der Waals surface area contributed by atoms with E-state index in [-0.39, 0.29) is 11.6 Å². The van der Waals surface area contributed by atoms with Crippen molar-refractivity contribution in [2.24, 2.45) is 5.73 Å². The third-order valence-corrected chi connectivity index (χ3v) is 3.65. The summed E-state index contributed by atoms with van der Waals surface area (Å²) in [7, 11) is 0. The van der Waals surface area contributed by atoms with Crippen LogP contribution in [0.3, 0.4) is 0 Å². The zero-order valence-corrected chi connectivity index (χ0v) is 11.2. The van der Waals surface area contributed by atoms with Crippen molar-refractivity contribution in [3.63, 3.8) is 0 Å². The molecule has 2 heterocycles. The molecule has 19 heavy (non-hydrogen) atoms. The predicted molar refractivity (Wildman–Crippen MR) is 76.8 cm³/mol. The minimum Gasteiger partial charge on any atom is -0.341 e. The van der Waals surface area contributed by atoms with Crippen molar-refractivity contribution in [1.82, 2.24) is 9.97 Å². The van der Waals surface area contributed by atoms with E-state index in [9.17, 15) is 4.79 Å². The van der Waals surface area contributed by atoms with E-state index in [0.29, 0.717) is 21.9 Å². The average molecular weight is 279 g/mol. The molecule has 0 bridgehead atoms. The summed E-state index contributed by atoms with van der Waals surface area (Å²) in [5, 5.41) is 1.13. The highest BCUT2D eigenvalue weighted by molar-refractivity contribution is 6.31. The van der Waals surface area contributed by atoms with Gasteiger partial charge >= 0.3 is 0 Å². The fourth-order valence-electron chi connectivity index (χ4n) is 2.45. The van der Waals surface area contributed by atoms with Crippen LogP contribution in [0.4, 0.5) is 5.95 Å². The Morgan fingerprint density at radius 3 is 3.11 bits per heavy atom. The van der Waals surface area contributed by atoms with Crippen LogP contribution in [0.15, 0.2) is 23.0 Å². The zero-order chi connectivity index (χ0) is 13.4. The van der Waals surface area contributed by atoms with E-state index in [4.69, 9.17) is 17.3 Å². The van der Waals surface area contributed by atoms with Crippen LogP contribution in [0, 0.1) is 0 Å². The van der Waals surface area contributed by atoms with Gasteiger partial charge < -0.3 is 10.6 Å². The first-order valence-corrected chi connectivity index (χ1v) is 6.71. The fraction of sp³-hybridized carbons (Fsp3) is 0.385. The molecule has 1 aliphatic rings. The molecule has 5 nitrogen and oxygen atoms in total. The predicted octanol–water partition coefficient (Wildman–Crippen LogP) is 1.50. The smallest absolute Gasteiger partial charge is 0.260 e. The Balaban J connectivity index is 2.07. The number of nitrogens with zero attached hydrogens (tertiary/aromatic N) is 2. The number of fused-ring (bicyclic) bond motifs is 1. The summed E-state index contributed by atoms with van der Waals surface area (Å²) in [6.45, 7) is 1.58. The van der Waals surface area contributed by atoms with Crippen LogP contribution in [0.25, 0.3) is 10.9 Å². The average Bonchev–Trinajstić information content (AvgIpc) is 2.38. The van der Waals surface area contributed by atoms with E-state index >= 15 is 0 Å². The van der Waals surface area contributed by atoms with Gasteiger partial charge in [-0.15, -0.1) is 0 Å². The number of hydrogen-bond acceptors (Lipinski definition) is 4. The number of rotatable bonds is 1. The highest BCUT2D eigenvalue weighted by Crippen LogP contribution is 2.19.